The van der Waals surface area contributed by atoms with Crippen LogP contribution >= 0.6 is 0 Å². The molecule has 132 valence electrons. The Morgan fingerprint density at radius 1 is 1.16 bits per heavy atom. The lowest BCUT2D eigenvalue weighted by atomic mass is 10.2. The standard InChI is InChI=1S/C18H22N4O3/c1-4-5-10-22-17(23)15-16(20(2)18(22)24)19-12-21(15)11-13-6-8-14(25-3)9-7-13/h6-9,12H,4-5,10-11H2,1-3H3. The molecule has 0 bridgehead atoms. The summed E-state index contributed by atoms with van der Waals surface area (Å²) in [7, 11) is 3.27. The molecule has 25 heavy (non-hydrogen) atoms. The molecule has 7 nitrogen and oxygen atoms in total. The third-order valence-electron chi connectivity index (χ3n) is 4.35. The number of unbranched alkanes of at least 4 members (excludes halogenated alkanes) is 1. The van der Waals surface area contributed by atoms with Crippen molar-refractivity contribution in [1.29, 1.82) is 0 Å². The summed E-state index contributed by atoms with van der Waals surface area (Å²) in [5.41, 5.74) is 1.29. The van der Waals surface area contributed by atoms with E-state index in [1.165, 1.54) is 9.13 Å². The number of aromatic nitrogens is 4. The summed E-state index contributed by atoms with van der Waals surface area (Å²) >= 11 is 0. The first-order valence-electron chi connectivity index (χ1n) is 8.34. The molecule has 0 saturated heterocycles. The number of hydrogen-bond acceptors (Lipinski definition) is 4. The molecule has 0 atom stereocenters. The quantitative estimate of drug-likeness (QED) is 0.684. The van der Waals surface area contributed by atoms with E-state index in [-0.39, 0.29) is 11.2 Å². The Kier molecular flexibility index (Phi) is 4.74. The number of hydrogen-bond donors (Lipinski definition) is 0. The van der Waals surface area contributed by atoms with Gasteiger partial charge in [0.15, 0.2) is 11.2 Å². The number of methoxy groups -OCH3 is 1. The Balaban J connectivity index is 2.08. The van der Waals surface area contributed by atoms with Crippen molar-refractivity contribution < 1.29 is 4.74 Å². The predicted molar refractivity (Wildman–Crippen MR) is 96.2 cm³/mol. The molecule has 3 rings (SSSR count). The third kappa shape index (κ3) is 3.09. The molecule has 1 aromatic carbocycles. The van der Waals surface area contributed by atoms with Gasteiger partial charge in [0, 0.05) is 20.1 Å². The van der Waals surface area contributed by atoms with Gasteiger partial charge in [-0.05, 0) is 24.1 Å². The minimum atomic E-state index is -0.319. The highest BCUT2D eigenvalue weighted by Crippen LogP contribution is 2.14. The minimum Gasteiger partial charge on any atom is -0.497 e. The highest BCUT2D eigenvalue weighted by Gasteiger charge is 2.16. The van der Waals surface area contributed by atoms with Crippen LogP contribution in [0, 0.1) is 0 Å². The first kappa shape index (κ1) is 17.0. The van der Waals surface area contributed by atoms with Crippen LogP contribution in [-0.4, -0.2) is 25.8 Å². The number of fused-ring (bicyclic) bond motifs is 1. The zero-order valence-corrected chi connectivity index (χ0v) is 14.7. The van der Waals surface area contributed by atoms with Crippen LogP contribution in [-0.2, 0) is 20.1 Å². The molecular formula is C18H22N4O3. The van der Waals surface area contributed by atoms with E-state index in [1.54, 1.807) is 25.1 Å². The molecule has 0 unspecified atom stereocenters. The van der Waals surface area contributed by atoms with E-state index in [0.29, 0.717) is 24.3 Å². The number of nitrogens with zero attached hydrogens (tertiary/aromatic N) is 4. The van der Waals surface area contributed by atoms with Crippen molar-refractivity contribution >= 4 is 11.2 Å². The van der Waals surface area contributed by atoms with Crippen LogP contribution in [0.5, 0.6) is 5.75 Å². The van der Waals surface area contributed by atoms with Crippen molar-refractivity contribution in [2.24, 2.45) is 7.05 Å². The summed E-state index contributed by atoms with van der Waals surface area (Å²) in [4.78, 5) is 29.5. The Morgan fingerprint density at radius 3 is 2.52 bits per heavy atom. The Hall–Kier alpha value is -2.83. The smallest absolute Gasteiger partial charge is 0.332 e. The van der Waals surface area contributed by atoms with Crippen molar-refractivity contribution in [3.8, 4) is 5.75 Å². The van der Waals surface area contributed by atoms with Crippen LogP contribution in [0.1, 0.15) is 25.3 Å². The number of rotatable bonds is 6. The second-order valence-corrected chi connectivity index (χ2v) is 6.04. The maximum atomic E-state index is 12.8. The normalized spacial score (nSPS) is 11.2. The second-order valence-electron chi connectivity index (χ2n) is 6.04. The van der Waals surface area contributed by atoms with Crippen molar-refractivity contribution in [2.75, 3.05) is 7.11 Å². The molecule has 3 aromatic rings. The molecule has 0 saturated carbocycles. The predicted octanol–water partition coefficient (Wildman–Crippen LogP) is 1.75. The van der Waals surface area contributed by atoms with Gasteiger partial charge in [-0.3, -0.25) is 13.9 Å². The van der Waals surface area contributed by atoms with Gasteiger partial charge in [0.1, 0.15) is 5.75 Å². The molecule has 2 aromatic heterocycles. The molecule has 0 aliphatic rings. The van der Waals surface area contributed by atoms with Crippen LogP contribution < -0.4 is 16.0 Å². The summed E-state index contributed by atoms with van der Waals surface area (Å²) in [5.74, 6) is 0.781. The van der Waals surface area contributed by atoms with Gasteiger partial charge in [0.2, 0.25) is 0 Å². The second kappa shape index (κ2) is 6.96. The van der Waals surface area contributed by atoms with E-state index in [0.717, 1.165) is 24.2 Å². The maximum absolute atomic E-state index is 12.8. The van der Waals surface area contributed by atoms with E-state index < -0.39 is 0 Å². The summed E-state index contributed by atoms with van der Waals surface area (Å²) in [5, 5.41) is 0. The Labute approximate surface area is 145 Å². The van der Waals surface area contributed by atoms with E-state index >= 15 is 0 Å². The molecular weight excluding hydrogens is 320 g/mol. The van der Waals surface area contributed by atoms with E-state index in [2.05, 4.69) is 4.98 Å². The van der Waals surface area contributed by atoms with Crippen LogP contribution in [0.25, 0.3) is 11.2 Å². The highest BCUT2D eigenvalue weighted by molar-refractivity contribution is 5.70. The lowest BCUT2D eigenvalue weighted by molar-refractivity contribution is 0.414. The Morgan fingerprint density at radius 2 is 1.88 bits per heavy atom. The fourth-order valence-electron chi connectivity index (χ4n) is 2.88. The molecule has 0 amide bonds. The average molecular weight is 342 g/mol. The monoisotopic (exact) mass is 342 g/mol. The van der Waals surface area contributed by atoms with E-state index in [9.17, 15) is 9.59 Å². The molecule has 0 fully saturated rings. The number of imidazole rings is 1. The van der Waals surface area contributed by atoms with E-state index in [4.69, 9.17) is 4.74 Å². The lowest BCUT2D eigenvalue weighted by Crippen LogP contribution is -2.39. The molecule has 0 aliphatic carbocycles. The fourth-order valence-corrected chi connectivity index (χ4v) is 2.88. The number of benzene rings is 1. The minimum absolute atomic E-state index is 0.280. The SMILES string of the molecule is CCCCn1c(=O)c2c(ncn2Cc2ccc(OC)cc2)n(C)c1=O. The van der Waals surface area contributed by atoms with Gasteiger partial charge in [-0.2, -0.15) is 0 Å². The molecule has 0 spiro atoms. The summed E-state index contributed by atoms with van der Waals surface area (Å²) < 4.78 is 9.70. The van der Waals surface area contributed by atoms with Gasteiger partial charge in [0.05, 0.1) is 13.4 Å². The summed E-state index contributed by atoms with van der Waals surface area (Å²) in [6.07, 6.45) is 3.31. The summed E-state index contributed by atoms with van der Waals surface area (Å²) in [6.45, 7) is 2.95. The van der Waals surface area contributed by atoms with Crippen LogP contribution in [0.3, 0.4) is 0 Å². The van der Waals surface area contributed by atoms with Crippen LogP contribution in [0.2, 0.25) is 0 Å². The van der Waals surface area contributed by atoms with Crippen molar-refractivity contribution in [3.05, 3.63) is 57.0 Å². The first-order valence-corrected chi connectivity index (χ1v) is 8.34. The van der Waals surface area contributed by atoms with E-state index in [1.807, 2.05) is 31.2 Å². The molecule has 7 heteroatoms. The van der Waals surface area contributed by atoms with Crippen LogP contribution in [0.4, 0.5) is 0 Å². The third-order valence-corrected chi connectivity index (χ3v) is 4.35. The van der Waals surface area contributed by atoms with Gasteiger partial charge in [-0.1, -0.05) is 25.5 Å². The topological polar surface area (TPSA) is 71.0 Å². The highest BCUT2D eigenvalue weighted by atomic mass is 16.5. The van der Waals surface area contributed by atoms with Crippen molar-refractivity contribution in [2.45, 2.75) is 32.9 Å². The first-order chi connectivity index (χ1) is 12.1. The average Bonchev–Trinajstić information content (AvgIpc) is 3.04. The largest absolute Gasteiger partial charge is 0.497 e. The maximum Gasteiger partial charge on any atom is 0.332 e. The van der Waals surface area contributed by atoms with Gasteiger partial charge in [0.25, 0.3) is 5.56 Å². The zero-order valence-electron chi connectivity index (χ0n) is 14.7. The molecule has 2 heterocycles. The lowest BCUT2D eigenvalue weighted by Gasteiger charge is -2.10. The van der Waals surface area contributed by atoms with Gasteiger partial charge < -0.3 is 9.30 Å². The number of ether oxygens (including phenoxy) is 1. The Bertz CT molecular complexity index is 996. The molecule has 0 radical (unpaired) electrons. The van der Waals surface area contributed by atoms with Gasteiger partial charge in [-0.25, -0.2) is 9.78 Å². The molecule has 0 aliphatic heterocycles. The number of aryl methyl sites for hydroxylation is 1. The van der Waals surface area contributed by atoms with Gasteiger partial charge in [-0.15, -0.1) is 0 Å². The van der Waals surface area contributed by atoms with Crippen molar-refractivity contribution in [3.63, 3.8) is 0 Å². The van der Waals surface area contributed by atoms with Gasteiger partial charge >= 0.3 is 5.69 Å². The molecule has 0 N–H and O–H groups in total. The fraction of sp³-hybridized carbons (Fsp3) is 0.389. The zero-order chi connectivity index (χ0) is 18.0. The summed E-state index contributed by atoms with van der Waals surface area (Å²) in [6, 6.07) is 7.65. The van der Waals surface area contributed by atoms with Crippen molar-refractivity contribution in [1.82, 2.24) is 18.7 Å². The van der Waals surface area contributed by atoms with Crippen LogP contribution in [0.15, 0.2) is 40.2 Å².